The van der Waals surface area contributed by atoms with Crippen LogP contribution in [-0.4, -0.2) is 42.5 Å². The molecule has 0 rings (SSSR count). The molecule has 0 aliphatic carbocycles. The summed E-state index contributed by atoms with van der Waals surface area (Å²) < 4.78 is 0. The minimum Gasteiger partial charge on any atom is -0.393 e. The van der Waals surface area contributed by atoms with Gasteiger partial charge in [-0.25, -0.2) is 0 Å². The minimum absolute atomic E-state index is 0.0365. The number of thiocarbonyl (C=S) groups is 1. The molecule has 3 N–H and O–H groups in total. The van der Waals surface area contributed by atoms with Gasteiger partial charge in [-0.3, -0.25) is 4.79 Å². The maximum atomic E-state index is 11.9. The Morgan fingerprint density at radius 3 is 2.41 bits per heavy atom. The number of rotatable bonds is 8. The molecule has 0 radical (unpaired) electrons. The molecule has 100 valence electrons. The van der Waals surface area contributed by atoms with Crippen LogP contribution in [0.1, 0.15) is 33.1 Å². The van der Waals surface area contributed by atoms with Gasteiger partial charge in [-0.15, -0.1) is 0 Å². The summed E-state index contributed by atoms with van der Waals surface area (Å²) in [6, 6.07) is 0.151. The molecule has 5 heteroatoms. The molecule has 0 aromatic heterocycles. The van der Waals surface area contributed by atoms with Crippen molar-refractivity contribution in [2.75, 3.05) is 20.6 Å². The van der Waals surface area contributed by atoms with Crippen LogP contribution in [0.15, 0.2) is 0 Å². The number of nitrogens with one attached hydrogen (secondary N) is 1. The predicted octanol–water partition coefficient (Wildman–Crippen LogP) is 1.15. The van der Waals surface area contributed by atoms with Crippen LogP contribution >= 0.6 is 12.2 Å². The quantitative estimate of drug-likeness (QED) is 0.642. The van der Waals surface area contributed by atoms with Gasteiger partial charge in [0.2, 0.25) is 5.91 Å². The molecule has 0 saturated heterocycles. The third kappa shape index (κ3) is 7.28. The van der Waals surface area contributed by atoms with Crippen molar-refractivity contribution in [1.29, 1.82) is 0 Å². The van der Waals surface area contributed by atoms with E-state index in [1.54, 1.807) is 0 Å². The maximum Gasteiger partial charge on any atom is 0.230 e. The number of nitrogens with zero attached hydrogens (tertiary/aromatic N) is 1. The van der Waals surface area contributed by atoms with Crippen molar-refractivity contribution in [2.45, 2.75) is 39.2 Å². The van der Waals surface area contributed by atoms with Gasteiger partial charge in [0.05, 0.1) is 10.9 Å². The van der Waals surface area contributed by atoms with E-state index in [2.05, 4.69) is 10.2 Å². The molecule has 2 atom stereocenters. The highest BCUT2D eigenvalue weighted by molar-refractivity contribution is 7.80. The molecular weight excluding hydrogens is 234 g/mol. The Kier molecular flexibility index (Phi) is 8.08. The van der Waals surface area contributed by atoms with E-state index in [4.69, 9.17) is 18.0 Å². The van der Waals surface area contributed by atoms with Crippen molar-refractivity contribution in [1.82, 2.24) is 10.2 Å². The van der Waals surface area contributed by atoms with Crippen molar-refractivity contribution in [3.8, 4) is 0 Å². The summed E-state index contributed by atoms with van der Waals surface area (Å²) in [5.74, 6) is -0.359. The van der Waals surface area contributed by atoms with Gasteiger partial charge in [-0.1, -0.05) is 25.6 Å². The highest BCUT2D eigenvalue weighted by atomic mass is 32.1. The van der Waals surface area contributed by atoms with Crippen LogP contribution in [0.3, 0.4) is 0 Å². The van der Waals surface area contributed by atoms with Crippen LogP contribution in [0.4, 0.5) is 0 Å². The molecule has 0 fully saturated rings. The first-order chi connectivity index (χ1) is 7.88. The summed E-state index contributed by atoms with van der Waals surface area (Å²) in [5, 5.41) is 2.97. The molecule has 0 aromatic rings. The Bertz CT molecular complexity index is 256. The summed E-state index contributed by atoms with van der Waals surface area (Å²) in [5.41, 5.74) is 5.58. The molecule has 2 unspecified atom stereocenters. The molecule has 0 spiro atoms. The van der Waals surface area contributed by atoms with Gasteiger partial charge >= 0.3 is 0 Å². The maximum absolute atomic E-state index is 11.9. The summed E-state index contributed by atoms with van der Waals surface area (Å²) in [4.78, 5) is 14.3. The first-order valence-corrected chi connectivity index (χ1v) is 6.53. The zero-order chi connectivity index (χ0) is 13.4. The molecule has 4 nitrogen and oxygen atoms in total. The SMILES string of the molecule is CCCC(C(=O)NC(C)CCN(C)C)C(N)=S. The van der Waals surface area contributed by atoms with E-state index in [1.807, 2.05) is 27.9 Å². The number of carbonyl (C=O) groups excluding carboxylic acids is 1. The Labute approximate surface area is 110 Å². The molecule has 17 heavy (non-hydrogen) atoms. The fourth-order valence-electron chi connectivity index (χ4n) is 1.56. The lowest BCUT2D eigenvalue weighted by Gasteiger charge is -2.20. The number of amides is 1. The standard InChI is InChI=1S/C12H25N3OS/c1-5-6-10(11(13)17)12(16)14-9(2)7-8-15(3)4/h9-10H,5-8H2,1-4H3,(H2,13,17)(H,14,16). The van der Waals surface area contributed by atoms with Crippen molar-refractivity contribution in [2.24, 2.45) is 11.7 Å². The number of carbonyl (C=O) groups is 1. The van der Waals surface area contributed by atoms with Crippen LogP contribution in [-0.2, 0) is 4.79 Å². The largest absolute Gasteiger partial charge is 0.393 e. The molecule has 0 saturated carbocycles. The van der Waals surface area contributed by atoms with Crippen molar-refractivity contribution >= 4 is 23.1 Å². The first kappa shape index (κ1) is 16.3. The first-order valence-electron chi connectivity index (χ1n) is 6.12. The van der Waals surface area contributed by atoms with Crippen LogP contribution in [0.5, 0.6) is 0 Å². The van der Waals surface area contributed by atoms with Gasteiger partial charge in [0.1, 0.15) is 0 Å². The van der Waals surface area contributed by atoms with Gasteiger partial charge in [-0.05, 0) is 40.4 Å². The van der Waals surface area contributed by atoms with Gasteiger partial charge in [0.15, 0.2) is 0 Å². The monoisotopic (exact) mass is 259 g/mol. The average molecular weight is 259 g/mol. The van der Waals surface area contributed by atoms with E-state index >= 15 is 0 Å². The van der Waals surface area contributed by atoms with Gasteiger partial charge in [-0.2, -0.15) is 0 Å². The fraction of sp³-hybridized carbons (Fsp3) is 0.833. The third-order valence-corrected chi connectivity index (χ3v) is 2.92. The third-order valence-electron chi connectivity index (χ3n) is 2.64. The predicted molar refractivity (Wildman–Crippen MR) is 76.0 cm³/mol. The molecule has 0 heterocycles. The van der Waals surface area contributed by atoms with E-state index in [9.17, 15) is 4.79 Å². The lowest BCUT2D eigenvalue weighted by Crippen LogP contribution is -2.42. The van der Waals surface area contributed by atoms with Crippen LogP contribution < -0.4 is 11.1 Å². The number of nitrogens with two attached hydrogens (primary N) is 1. The Balaban J connectivity index is 4.16. The van der Waals surface area contributed by atoms with Crippen molar-refractivity contribution in [3.63, 3.8) is 0 Å². The normalized spacial score (nSPS) is 14.4. The molecule has 0 aliphatic rings. The number of hydrogen-bond acceptors (Lipinski definition) is 3. The van der Waals surface area contributed by atoms with Crippen LogP contribution in [0.25, 0.3) is 0 Å². The Morgan fingerprint density at radius 2 is 2.00 bits per heavy atom. The molecule has 1 amide bonds. The van der Waals surface area contributed by atoms with E-state index < -0.39 is 0 Å². The molecular formula is C12H25N3OS. The highest BCUT2D eigenvalue weighted by Crippen LogP contribution is 2.08. The second-order valence-electron chi connectivity index (χ2n) is 4.75. The zero-order valence-corrected chi connectivity index (χ0v) is 12.1. The minimum atomic E-state index is -0.322. The molecule has 0 aromatic carbocycles. The van der Waals surface area contributed by atoms with Crippen LogP contribution in [0, 0.1) is 5.92 Å². The summed E-state index contributed by atoms with van der Waals surface area (Å²) in [6.45, 7) is 4.98. The fourth-order valence-corrected chi connectivity index (χ4v) is 1.78. The lowest BCUT2D eigenvalue weighted by atomic mass is 10.0. The summed E-state index contributed by atoms with van der Waals surface area (Å²) in [6.07, 6.45) is 2.55. The van der Waals surface area contributed by atoms with E-state index in [0.29, 0.717) is 4.99 Å². The summed E-state index contributed by atoms with van der Waals surface area (Å²) in [7, 11) is 4.03. The van der Waals surface area contributed by atoms with E-state index in [0.717, 1.165) is 25.8 Å². The summed E-state index contributed by atoms with van der Waals surface area (Å²) >= 11 is 4.93. The number of hydrogen-bond donors (Lipinski definition) is 2. The van der Waals surface area contributed by atoms with E-state index in [-0.39, 0.29) is 17.9 Å². The van der Waals surface area contributed by atoms with Crippen molar-refractivity contribution < 1.29 is 4.79 Å². The second kappa shape index (κ2) is 8.42. The highest BCUT2D eigenvalue weighted by Gasteiger charge is 2.21. The topological polar surface area (TPSA) is 58.4 Å². The Morgan fingerprint density at radius 1 is 1.41 bits per heavy atom. The van der Waals surface area contributed by atoms with Gasteiger partial charge < -0.3 is 16.0 Å². The lowest BCUT2D eigenvalue weighted by molar-refractivity contribution is -0.123. The second-order valence-corrected chi connectivity index (χ2v) is 5.22. The smallest absolute Gasteiger partial charge is 0.230 e. The molecule has 0 aliphatic heterocycles. The van der Waals surface area contributed by atoms with Gasteiger partial charge in [0, 0.05) is 6.04 Å². The van der Waals surface area contributed by atoms with E-state index in [1.165, 1.54) is 0 Å². The van der Waals surface area contributed by atoms with Gasteiger partial charge in [0.25, 0.3) is 0 Å². The molecule has 0 bridgehead atoms. The Hall–Kier alpha value is -0.680. The average Bonchev–Trinajstić information content (AvgIpc) is 2.22. The van der Waals surface area contributed by atoms with Crippen molar-refractivity contribution in [3.05, 3.63) is 0 Å². The van der Waals surface area contributed by atoms with Crippen LogP contribution in [0.2, 0.25) is 0 Å². The zero-order valence-electron chi connectivity index (χ0n) is 11.3.